The molecular formula is C20H20N2O3. The van der Waals surface area contributed by atoms with Gasteiger partial charge in [-0.1, -0.05) is 26.0 Å². The molecule has 25 heavy (non-hydrogen) atoms. The van der Waals surface area contributed by atoms with Gasteiger partial charge < -0.3 is 14.1 Å². The number of hydrogen-bond donors (Lipinski definition) is 1. The molecule has 0 saturated heterocycles. The van der Waals surface area contributed by atoms with Gasteiger partial charge in [0.1, 0.15) is 23.8 Å². The number of hydrogen-bond acceptors (Lipinski definition) is 4. The maximum atomic E-state index is 11.5. The smallest absolute Gasteiger partial charge is 0.336 e. The first-order valence-electron chi connectivity index (χ1n) is 8.30. The van der Waals surface area contributed by atoms with Gasteiger partial charge in [0.2, 0.25) is 0 Å². The van der Waals surface area contributed by atoms with Crippen LogP contribution in [0.1, 0.15) is 25.2 Å². The molecular weight excluding hydrogens is 316 g/mol. The number of imidazole rings is 1. The summed E-state index contributed by atoms with van der Waals surface area (Å²) in [5.74, 6) is 1.38. The SMILES string of the molecule is CC.Cc1cc(=O)oc2cc(OCc3nc4ccccc4[nH]3)ccc12. The van der Waals surface area contributed by atoms with Crippen molar-refractivity contribution in [1.82, 2.24) is 9.97 Å². The lowest BCUT2D eigenvalue weighted by molar-refractivity contribution is 0.297. The Bertz CT molecular complexity index is 1030. The molecule has 2 aromatic carbocycles. The number of para-hydroxylation sites is 2. The molecule has 0 aliphatic heterocycles. The van der Waals surface area contributed by atoms with E-state index in [4.69, 9.17) is 9.15 Å². The number of nitrogens with zero attached hydrogens (tertiary/aromatic N) is 1. The highest BCUT2D eigenvalue weighted by atomic mass is 16.5. The number of aryl methyl sites for hydroxylation is 1. The number of aromatic nitrogens is 2. The third-order valence-corrected chi connectivity index (χ3v) is 3.74. The van der Waals surface area contributed by atoms with Crippen LogP contribution in [0.4, 0.5) is 0 Å². The second-order valence-electron chi connectivity index (χ2n) is 5.40. The second kappa shape index (κ2) is 7.21. The summed E-state index contributed by atoms with van der Waals surface area (Å²) in [6, 6.07) is 14.8. The van der Waals surface area contributed by atoms with Gasteiger partial charge in [-0.3, -0.25) is 0 Å². The molecule has 0 amide bonds. The van der Waals surface area contributed by atoms with Crippen LogP contribution in [-0.4, -0.2) is 9.97 Å². The Hall–Kier alpha value is -3.08. The van der Waals surface area contributed by atoms with Crippen LogP contribution in [-0.2, 0) is 6.61 Å². The van der Waals surface area contributed by atoms with Gasteiger partial charge in [0.15, 0.2) is 0 Å². The molecule has 4 aromatic rings. The molecule has 4 rings (SSSR count). The summed E-state index contributed by atoms with van der Waals surface area (Å²) in [5.41, 5.74) is 2.94. The molecule has 0 radical (unpaired) electrons. The van der Waals surface area contributed by atoms with E-state index in [-0.39, 0.29) is 5.63 Å². The van der Waals surface area contributed by atoms with E-state index in [9.17, 15) is 4.79 Å². The highest BCUT2D eigenvalue weighted by Crippen LogP contribution is 2.23. The Balaban J connectivity index is 0.000000880. The Morgan fingerprint density at radius 1 is 1.12 bits per heavy atom. The summed E-state index contributed by atoms with van der Waals surface area (Å²) in [6.45, 7) is 6.20. The van der Waals surface area contributed by atoms with E-state index in [1.807, 2.05) is 57.2 Å². The van der Waals surface area contributed by atoms with E-state index < -0.39 is 0 Å². The van der Waals surface area contributed by atoms with Gasteiger partial charge in [0, 0.05) is 17.5 Å². The van der Waals surface area contributed by atoms with Crippen molar-refractivity contribution in [2.75, 3.05) is 0 Å². The normalized spacial score (nSPS) is 10.5. The molecule has 2 aromatic heterocycles. The average molecular weight is 336 g/mol. The van der Waals surface area contributed by atoms with Crippen LogP contribution in [0, 0.1) is 6.92 Å². The van der Waals surface area contributed by atoms with Crippen molar-refractivity contribution in [3.8, 4) is 5.75 Å². The summed E-state index contributed by atoms with van der Waals surface area (Å²) in [6.07, 6.45) is 0. The molecule has 0 aliphatic rings. The zero-order chi connectivity index (χ0) is 17.8. The van der Waals surface area contributed by atoms with E-state index in [2.05, 4.69) is 9.97 Å². The highest BCUT2D eigenvalue weighted by molar-refractivity contribution is 5.81. The summed E-state index contributed by atoms with van der Waals surface area (Å²) in [5, 5.41) is 0.903. The van der Waals surface area contributed by atoms with Gasteiger partial charge in [0.05, 0.1) is 11.0 Å². The number of benzene rings is 2. The predicted octanol–water partition coefficient (Wildman–Crippen LogP) is 4.58. The fourth-order valence-electron chi connectivity index (χ4n) is 2.62. The molecule has 5 nitrogen and oxygen atoms in total. The quantitative estimate of drug-likeness (QED) is 0.556. The fourth-order valence-corrected chi connectivity index (χ4v) is 2.62. The lowest BCUT2D eigenvalue weighted by atomic mass is 10.1. The van der Waals surface area contributed by atoms with Crippen LogP contribution < -0.4 is 10.4 Å². The molecule has 0 saturated carbocycles. The largest absolute Gasteiger partial charge is 0.486 e. The number of rotatable bonds is 3. The van der Waals surface area contributed by atoms with Gasteiger partial charge in [-0.15, -0.1) is 0 Å². The zero-order valence-corrected chi connectivity index (χ0v) is 14.5. The van der Waals surface area contributed by atoms with Crippen molar-refractivity contribution in [3.05, 3.63) is 70.3 Å². The number of ether oxygens (including phenoxy) is 1. The maximum Gasteiger partial charge on any atom is 0.336 e. The lowest BCUT2D eigenvalue weighted by Crippen LogP contribution is -2.00. The third-order valence-electron chi connectivity index (χ3n) is 3.74. The minimum Gasteiger partial charge on any atom is -0.486 e. The van der Waals surface area contributed by atoms with Gasteiger partial charge in [0.25, 0.3) is 0 Å². The summed E-state index contributed by atoms with van der Waals surface area (Å²) in [7, 11) is 0. The molecule has 2 heterocycles. The van der Waals surface area contributed by atoms with E-state index >= 15 is 0 Å². The Labute approximate surface area is 145 Å². The Kier molecular flexibility index (Phi) is 4.84. The number of aromatic amines is 1. The summed E-state index contributed by atoms with van der Waals surface area (Å²) >= 11 is 0. The van der Waals surface area contributed by atoms with Gasteiger partial charge in [-0.25, -0.2) is 9.78 Å². The molecule has 0 unspecified atom stereocenters. The van der Waals surface area contributed by atoms with E-state index in [1.54, 1.807) is 6.07 Å². The van der Waals surface area contributed by atoms with E-state index in [0.717, 1.165) is 27.8 Å². The minimum absolute atomic E-state index is 0.316. The highest BCUT2D eigenvalue weighted by Gasteiger charge is 2.06. The van der Waals surface area contributed by atoms with Gasteiger partial charge >= 0.3 is 5.63 Å². The number of H-pyrrole nitrogens is 1. The van der Waals surface area contributed by atoms with Crippen molar-refractivity contribution in [2.24, 2.45) is 0 Å². The fraction of sp³-hybridized carbons (Fsp3) is 0.200. The molecule has 0 bridgehead atoms. The van der Waals surface area contributed by atoms with Crippen LogP contribution in [0.15, 0.2) is 57.7 Å². The van der Waals surface area contributed by atoms with Crippen molar-refractivity contribution < 1.29 is 9.15 Å². The van der Waals surface area contributed by atoms with Crippen LogP contribution in [0.5, 0.6) is 5.75 Å². The topological polar surface area (TPSA) is 68.1 Å². The first kappa shape index (κ1) is 16.8. The van der Waals surface area contributed by atoms with E-state index in [1.165, 1.54) is 6.07 Å². The molecule has 0 spiro atoms. The molecule has 0 atom stereocenters. The summed E-state index contributed by atoms with van der Waals surface area (Å²) in [4.78, 5) is 19.1. The van der Waals surface area contributed by atoms with E-state index in [0.29, 0.717) is 17.9 Å². The van der Waals surface area contributed by atoms with Crippen molar-refractivity contribution in [2.45, 2.75) is 27.4 Å². The predicted molar refractivity (Wildman–Crippen MR) is 99.0 cm³/mol. The standard InChI is InChI=1S/C18H14N2O3.C2H6/c1-11-8-18(21)23-16-9-12(6-7-13(11)16)22-10-17-19-14-4-2-3-5-15(14)20-17;1-2/h2-9H,10H2,1H3,(H,19,20);1-2H3. The summed E-state index contributed by atoms with van der Waals surface area (Å²) < 4.78 is 11.0. The van der Waals surface area contributed by atoms with Gasteiger partial charge in [-0.05, 0) is 36.8 Å². The number of nitrogens with one attached hydrogen (secondary N) is 1. The van der Waals surface area contributed by atoms with Crippen LogP contribution >= 0.6 is 0 Å². The lowest BCUT2D eigenvalue weighted by Gasteiger charge is -2.06. The first-order valence-corrected chi connectivity index (χ1v) is 8.30. The average Bonchev–Trinajstić information content (AvgIpc) is 3.04. The van der Waals surface area contributed by atoms with Crippen LogP contribution in [0.3, 0.4) is 0 Å². The zero-order valence-electron chi connectivity index (χ0n) is 14.5. The monoisotopic (exact) mass is 336 g/mol. The second-order valence-corrected chi connectivity index (χ2v) is 5.40. The molecule has 1 N–H and O–H groups in total. The van der Waals surface area contributed by atoms with Crippen molar-refractivity contribution in [1.29, 1.82) is 0 Å². The maximum absolute atomic E-state index is 11.5. The molecule has 0 aliphatic carbocycles. The molecule has 128 valence electrons. The minimum atomic E-state index is -0.357. The Morgan fingerprint density at radius 2 is 1.92 bits per heavy atom. The van der Waals surface area contributed by atoms with Crippen molar-refractivity contribution >= 4 is 22.0 Å². The van der Waals surface area contributed by atoms with Gasteiger partial charge in [-0.2, -0.15) is 0 Å². The third kappa shape index (κ3) is 3.55. The first-order chi connectivity index (χ1) is 12.2. The van der Waals surface area contributed by atoms with Crippen molar-refractivity contribution in [3.63, 3.8) is 0 Å². The van der Waals surface area contributed by atoms with Crippen LogP contribution in [0.25, 0.3) is 22.0 Å². The molecule has 0 fully saturated rings. The molecule has 5 heteroatoms. The number of fused-ring (bicyclic) bond motifs is 2. The van der Waals surface area contributed by atoms with Crippen LogP contribution in [0.2, 0.25) is 0 Å². The Morgan fingerprint density at radius 3 is 2.72 bits per heavy atom.